The normalized spacial score (nSPS) is 24.8. The fourth-order valence-electron chi connectivity index (χ4n) is 1.79. The highest BCUT2D eigenvalue weighted by Crippen LogP contribution is 2.29. The van der Waals surface area contributed by atoms with Crippen molar-refractivity contribution in [1.29, 1.82) is 0 Å². The number of ether oxygens (including phenoxy) is 1. The lowest BCUT2D eigenvalue weighted by atomic mass is 10.2. The van der Waals surface area contributed by atoms with Gasteiger partial charge in [0.05, 0.1) is 12.3 Å². The largest absolute Gasteiger partial charge is 0.463 e. The average Bonchev–Trinajstić information content (AvgIpc) is 2.28. The lowest BCUT2D eigenvalue weighted by molar-refractivity contribution is -0.148. The van der Waals surface area contributed by atoms with Gasteiger partial charge in [-0.15, -0.1) is 0 Å². The third-order valence-electron chi connectivity index (χ3n) is 2.58. The number of para-hydroxylation sites is 1. The van der Waals surface area contributed by atoms with E-state index in [1.165, 1.54) is 13.0 Å². The Labute approximate surface area is 105 Å². The molecule has 0 saturated heterocycles. The van der Waals surface area contributed by atoms with E-state index in [0.717, 1.165) is 0 Å². The molecule has 1 aliphatic heterocycles. The molecule has 0 spiro atoms. The standard InChI is InChI=1S/C11H14N2O4S/c1-3-17-10(14)11(2)12-8-6-4-5-7-9(8)18(15,16)13-11/h4-7,12-13H,3H2,1-2H3. The number of carbonyl (C=O) groups excluding carboxylic acids is 1. The molecule has 1 aromatic carbocycles. The van der Waals surface area contributed by atoms with Gasteiger partial charge in [-0.05, 0) is 26.0 Å². The quantitative estimate of drug-likeness (QED) is 0.772. The minimum atomic E-state index is -3.73. The first-order chi connectivity index (χ1) is 8.39. The van der Waals surface area contributed by atoms with Crippen LogP contribution in [0.15, 0.2) is 29.2 Å². The number of hydrogen-bond acceptors (Lipinski definition) is 5. The number of benzene rings is 1. The second-order valence-electron chi connectivity index (χ2n) is 4.07. The topological polar surface area (TPSA) is 84.5 Å². The van der Waals surface area contributed by atoms with E-state index >= 15 is 0 Å². The number of carbonyl (C=O) groups is 1. The summed E-state index contributed by atoms with van der Waals surface area (Å²) in [5.41, 5.74) is -1.10. The zero-order valence-corrected chi connectivity index (χ0v) is 10.9. The summed E-state index contributed by atoms with van der Waals surface area (Å²) in [6.07, 6.45) is 0. The third-order valence-corrected chi connectivity index (χ3v) is 4.20. The summed E-state index contributed by atoms with van der Waals surface area (Å²) in [4.78, 5) is 11.9. The molecule has 18 heavy (non-hydrogen) atoms. The highest BCUT2D eigenvalue weighted by atomic mass is 32.2. The Morgan fingerprint density at radius 3 is 2.72 bits per heavy atom. The molecule has 1 atom stereocenters. The van der Waals surface area contributed by atoms with Crippen molar-refractivity contribution >= 4 is 21.7 Å². The van der Waals surface area contributed by atoms with E-state index in [1.807, 2.05) is 0 Å². The van der Waals surface area contributed by atoms with Gasteiger partial charge in [-0.1, -0.05) is 12.1 Å². The number of sulfonamides is 1. The Morgan fingerprint density at radius 2 is 2.06 bits per heavy atom. The second kappa shape index (κ2) is 4.25. The fourth-order valence-corrected chi connectivity index (χ4v) is 3.24. The highest BCUT2D eigenvalue weighted by molar-refractivity contribution is 7.89. The Bertz CT molecular complexity index is 584. The summed E-state index contributed by atoms with van der Waals surface area (Å²) in [6.45, 7) is 3.27. The number of rotatable bonds is 2. The van der Waals surface area contributed by atoms with Gasteiger partial charge in [0.15, 0.2) is 5.66 Å². The van der Waals surface area contributed by atoms with E-state index < -0.39 is 21.7 Å². The zero-order chi connectivity index (χ0) is 13.4. The van der Waals surface area contributed by atoms with E-state index in [1.54, 1.807) is 25.1 Å². The van der Waals surface area contributed by atoms with Crippen molar-refractivity contribution in [3.05, 3.63) is 24.3 Å². The van der Waals surface area contributed by atoms with E-state index in [2.05, 4.69) is 10.0 Å². The van der Waals surface area contributed by atoms with Crippen LogP contribution in [0.3, 0.4) is 0 Å². The van der Waals surface area contributed by atoms with Crippen LogP contribution < -0.4 is 10.0 Å². The lowest BCUT2D eigenvalue weighted by Gasteiger charge is -2.34. The minimum absolute atomic E-state index is 0.117. The number of nitrogens with one attached hydrogen (secondary N) is 2. The van der Waals surface area contributed by atoms with Crippen LogP contribution in [0.5, 0.6) is 0 Å². The van der Waals surface area contributed by atoms with Gasteiger partial charge in [-0.3, -0.25) is 0 Å². The molecule has 2 rings (SSSR count). The summed E-state index contributed by atoms with van der Waals surface area (Å²) in [5, 5.41) is 2.85. The molecule has 0 aromatic heterocycles. The number of anilines is 1. The van der Waals surface area contributed by atoms with E-state index in [4.69, 9.17) is 4.74 Å². The Hall–Kier alpha value is -1.60. The molecule has 6 nitrogen and oxygen atoms in total. The number of fused-ring (bicyclic) bond motifs is 1. The van der Waals surface area contributed by atoms with Crippen molar-refractivity contribution in [1.82, 2.24) is 4.72 Å². The fraction of sp³-hybridized carbons (Fsp3) is 0.364. The molecule has 1 unspecified atom stereocenters. The van der Waals surface area contributed by atoms with Gasteiger partial charge in [-0.2, -0.15) is 4.72 Å². The molecule has 1 aromatic rings. The van der Waals surface area contributed by atoms with Crippen molar-refractivity contribution in [3.63, 3.8) is 0 Å². The summed E-state index contributed by atoms with van der Waals surface area (Å²) in [5.74, 6) is -0.664. The molecule has 0 fully saturated rings. The molecule has 0 bridgehead atoms. The Kier molecular flexibility index (Phi) is 3.04. The molecule has 98 valence electrons. The van der Waals surface area contributed by atoms with Crippen LogP contribution in [0.2, 0.25) is 0 Å². The van der Waals surface area contributed by atoms with E-state index in [0.29, 0.717) is 5.69 Å². The SMILES string of the molecule is CCOC(=O)C1(C)Nc2ccccc2S(=O)(=O)N1. The number of hydrogen-bond donors (Lipinski definition) is 2. The molecule has 1 heterocycles. The number of esters is 1. The van der Waals surface area contributed by atoms with E-state index in [-0.39, 0.29) is 11.5 Å². The monoisotopic (exact) mass is 270 g/mol. The maximum absolute atomic E-state index is 12.0. The molecule has 1 aliphatic rings. The van der Waals surface area contributed by atoms with Crippen LogP contribution in [-0.4, -0.2) is 26.7 Å². The zero-order valence-electron chi connectivity index (χ0n) is 10.1. The molecule has 0 aliphatic carbocycles. The maximum Gasteiger partial charge on any atom is 0.347 e. The van der Waals surface area contributed by atoms with Crippen molar-refractivity contribution in [2.24, 2.45) is 0 Å². The van der Waals surface area contributed by atoms with Gasteiger partial charge in [-0.25, -0.2) is 13.2 Å². The van der Waals surface area contributed by atoms with E-state index in [9.17, 15) is 13.2 Å². The second-order valence-corrected chi connectivity index (χ2v) is 5.72. The first-order valence-corrected chi connectivity index (χ1v) is 6.96. The Morgan fingerprint density at radius 1 is 1.39 bits per heavy atom. The van der Waals surface area contributed by atoms with Crippen LogP contribution in [0.4, 0.5) is 5.69 Å². The van der Waals surface area contributed by atoms with Crippen LogP contribution in [-0.2, 0) is 19.6 Å². The molecule has 7 heteroatoms. The first-order valence-electron chi connectivity index (χ1n) is 5.47. The van der Waals surface area contributed by atoms with Gasteiger partial charge in [0, 0.05) is 0 Å². The highest BCUT2D eigenvalue weighted by Gasteiger charge is 2.44. The van der Waals surface area contributed by atoms with Crippen LogP contribution in [0.1, 0.15) is 13.8 Å². The Balaban J connectivity index is 2.46. The van der Waals surface area contributed by atoms with Gasteiger partial charge in [0.1, 0.15) is 4.90 Å². The van der Waals surface area contributed by atoms with Gasteiger partial charge in [0.2, 0.25) is 10.0 Å². The van der Waals surface area contributed by atoms with Crippen LogP contribution in [0.25, 0.3) is 0 Å². The minimum Gasteiger partial charge on any atom is -0.463 e. The molecular formula is C11H14N2O4S. The third kappa shape index (κ3) is 2.06. The van der Waals surface area contributed by atoms with Gasteiger partial charge < -0.3 is 10.1 Å². The van der Waals surface area contributed by atoms with Crippen molar-refractivity contribution < 1.29 is 17.9 Å². The summed E-state index contributed by atoms with van der Waals surface area (Å²) < 4.78 is 31.2. The predicted molar refractivity (Wildman–Crippen MR) is 65.4 cm³/mol. The van der Waals surface area contributed by atoms with Gasteiger partial charge in [0.25, 0.3) is 0 Å². The lowest BCUT2D eigenvalue weighted by Crippen LogP contribution is -2.60. The van der Waals surface area contributed by atoms with Crippen molar-refractivity contribution in [3.8, 4) is 0 Å². The van der Waals surface area contributed by atoms with Crippen LogP contribution in [0, 0.1) is 0 Å². The maximum atomic E-state index is 12.0. The van der Waals surface area contributed by atoms with Crippen molar-refractivity contribution in [2.45, 2.75) is 24.4 Å². The summed E-state index contributed by atoms with van der Waals surface area (Å²) in [6, 6.07) is 6.38. The molecule has 0 radical (unpaired) electrons. The average molecular weight is 270 g/mol. The van der Waals surface area contributed by atoms with Gasteiger partial charge >= 0.3 is 5.97 Å². The van der Waals surface area contributed by atoms with Crippen LogP contribution >= 0.6 is 0 Å². The summed E-state index contributed by atoms with van der Waals surface area (Å²) >= 11 is 0. The van der Waals surface area contributed by atoms with Crippen molar-refractivity contribution in [2.75, 3.05) is 11.9 Å². The molecule has 2 N–H and O–H groups in total. The molecular weight excluding hydrogens is 256 g/mol. The molecule has 0 amide bonds. The molecule has 0 saturated carbocycles. The smallest absolute Gasteiger partial charge is 0.347 e. The predicted octanol–water partition coefficient (Wildman–Crippen LogP) is 0.670. The first kappa shape index (κ1) is 12.8. The summed E-state index contributed by atoms with van der Waals surface area (Å²) in [7, 11) is -3.73.